The van der Waals surface area contributed by atoms with Crippen LogP contribution < -0.4 is 15.4 Å². The van der Waals surface area contributed by atoms with Gasteiger partial charge in [0.1, 0.15) is 5.75 Å². The van der Waals surface area contributed by atoms with Crippen molar-refractivity contribution in [2.24, 2.45) is 0 Å². The summed E-state index contributed by atoms with van der Waals surface area (Å²) in [5, 5.41) is 5.36. The van der Waals surface area contributed by atoms with E-state index in [1.165, 1.54) is 0 Å². The number of nitrogens with one attached hydrogen (secondary N) is 2. The van der Waals surface area contributed by atoms with Gasteiger partial charge in [0.15, 0.2) is 0 Å². The van der Waals surface area contributed by atoms with E-state index in [0.717, 1.165) is 19.3 Å². The van der Waals surface area contributed by atoms with E-state index < -0.39 is 6.09 Å². The number of anilines is 1. The minimum atomic E-state index is -0.468. The van der Waals surface area contributed by atoms with Crippen LogP contribution >= 0.6 is 0 Å². The van der Waals surface area contributed by atoms with Gasteiger partial charge in [-0.1, -0.05) is 26.3 Å². The molecule has 5 nitrogen and oxygen atoms in total. The number of rotatable bonds is 7. The average molecular weight is 290 g/mol. The number of ether oxygens (including phenoxy) is 1. The summed E-state index contributed by atoms with van der Waals surface area (Å²) in [7, 11) is 0. The van der Waals surface area contributed by atoms with E-state index in [2.05, 4.69) is 24.1 Å². The molecular formula is C16H22N2O3. The van der Waals surface area contributed by atoms with Crippen LogP contribution in [-0.2, 0) is 4.79 Å². The van der Waals surface area contributed by atoms with E-state index in [1.54, 1.807) is 31.2 Å². The fourth-order valence-electron chi connectivity index (χ4n) is 1.55. The number of carbonyl (C=O) groups excluding carboxylic acids is 2. The lowest BCUT2D eigenvalue weighted by atomic mass is 10.2. The van der Waals surface area contributed by atoms with Crippen LogP contribution in [-0.4, -0.2) is 18.5 Å². The topological polar surface area (TPSA) is 67.4 Å². The Hall–Kier alpha value is -2.30. The molecule has 114 valence electrons. The molecule has 1 rings (SSSR count). The van der Waals surface area contributed by atoms with Gasteiger partial charge in [0.2, 0.25) is 0 Å². The summed E-state index contributed by atoms with van der Waals surface area (Å²) in [6.45, 7) is 7.91. The first-order valence-corrected chi connectivity index (χ1v) is 7.05. The number of hydrogen-bond acceptors (Lipinski definition) is 3. The second kappa shape index (κ2) is 8.79. The number of benzene rings is 1. The molecule has 0 heterocycles. The van der Waals surface area contributed by atoms with E-state index in [0.29, 0.717) is 23.6 Å². The molecule has 0 unspecified atom stereocenters. The molecule has 0 radical (unpaired) electrons. The lowest BCUT2D eigenvalue weighted by Crippen LogP contribution is -2.27. The lowest BCUT2D eigenvalue weighted by Gasteiger charge is -2.08. The average Bonchev–Trinajstić information content (AvgIpc) is 2.45. The maximum Gasteiger partial charge on any atom is 0.412 e. The first-order chi connectivity index (χ1) is 10.0. The van der Waals surface area contributed by atoms with Crippen molar-refractivity contribution < 1.29 is 14.3 Å². The Morgan fingerprint density at radius 1 is 1.19 bits per heavy atom. The summed E-state index contributed by atoms with van der Waals surface area (Å²) < 4.78 is 5.12. The van der Waals surface area contributed by atoms with Crippen molar-refractivity contribution in [3.05, 3.63) is 36.4 Å². The number of amides is 2. The molecule has 0 saturated carbocycles. The van der Waals surface area contributed by atoms with Gasteiger partial charge in [0, 0.05) is 17.8 Å². The highest BCUT2D eigenvalue weighted by atomic mass is 16.6. The highest BCUT2D eigenvalue weighted by Gasteiger charge is 2.05. The van der Waals surface area contributed by atoms with E-state index in [1.807, 2.05) is 0 Å². The molecule has 2 N–H and O–H groups in total. The van der Waals surface area contributed by atoms with Crippen LogP contribution in [0.4, 0.5) is 10.5 Å². The van der Waals surface area contributed by atoms with Crippen LogP contribution in [0.5, 0.6) is 5.75 Å². The molecule has 0 aliphatic rings. The van der Waals surface area contributed by atoms with Crippen molar-refractivity contribution in [1.82, 2.24) is 5.32 Å². The predicted octanol–water partition coefficient (Wildman–Crippen LogP) is 3.48. The SMILES string of the molecule is C=C(C)C(=O)Nc1ccc(OC(=O)NCCCCC)cc1. The minimum absolute atomic E-state index is 0.239. The van der Waals surface area contributed by atoms with Crippen molar-refractivity contribution in [2.75, 3.05) is 11.9 Å². The zero-order chi connectivity index (χ0) is 15.7. The molecule has 0 aliphatic carbocycles. The summed E-state index contributed by atoms with van der Waals surface area (Å²) in [5.74, 6) is 0.189. The van der Waals surface area contributed by atoms with Gasteiger partial charge >= 0.3 is 6.09 Å². The van der Waals surface area contributed by atoms with Crippen molar-refractivity contribution in [3.63, 3.8) is 0 Å². The Balaban J connectivity index is 2.41. The second-order valence-corrected chi connectivity index (χ2v) is 4.78. The van der Waals surface area contributed by atoms with Gasteiger partial charge in [-0.3, -0.25) is 4.79 Å². The van der Waals surface area contributed by atoms with E-state index in [9.17, 15) is 9.59 Å². The normalized spacial score (nSPS) is 9.81. The van der Waals surface area contributed by atoms with Crippen LogP contribution in [0, 0.1) is 0 Å². The Labute approximate surface area is 125 Å². The summed E-state index contributed by atoms with van der Waals surface area (Å²) >= 11 is 0. The lowest BCUT2D eigenvalue weighted by molar-refractivity contribution is -0.112. The van der Waals surface area contributed by atoms with Gasteiger partial charge in [-0.25, -0.2) is 4.79 Å². The van der Waals surface area contributed by atoms with Gasteiger partial charge in [0.25, 0.3) is 5.91 Å². The Morgan fingerprint density at radius 3 is 2.43 bits per heavy atom. The van der Waals surface area contributed by atoms with Crippen molar-refractivity contribution in [1.29, 1.82) is 0 Å². The summed E-state index contributed by atoms with van der Waals surface area (Å²) in [5.41, 5.74) is 1.06. The summed E-state index contributed by atoms with van der Waals surface area (Å²) in [6, 6.07) is 6.58. The highest BCUT2D eigenvalue weighted by molar-refractivity contribution is 6.02. The smallest absolute Gasteiger partial charge is 0.410 e. The van der Waals surface area contributed by atoms with Gasteiger partial charge < -0.3 is 15.4 Å². The molecule has 0 saturated heterocycles. The third kappa shape index (κ3) is 6.61. The van der Waals surface area contributed by atoms with Gasteiger partial charge in [-0.15, -0.1) is 0 Å². The molecule has 21 heavy (non-hydrogen) atoms. The maximum atomic E-state index is 11.5. The molecule has 0 aliphatic heterocycles. The monoisotopic (exact) mass is 290 g/mol. The fraction of sp³-hybridized carbons (Fsp3) is 0.375. The Kier molecular flexibility index (Phi) is 7.01. The third-order valence-electron chi connectivity index (χ3n) is 2.76. The molecule has 0 atom stereocenters. The molecular weight excluding hydrogens is 268 g/mol. The Morgan fingerprint density at radius 2 is 1.86 bits per heavy atom. The highest BCUT2D eigenvalue weighted by Crippen LogP contribution is 2.16. The molecule has 5 heteroatoms. The predicted molar refractivity (Wildman–Crippen MR) is 83.4 cm³/mol. The summed E-state index contributed by atoms with van der Waals surface area (Å²) in [4.78, 5) is 23.0. The third-order valence-corrected chi connectivity index (χ3v) is 2.76. The minimum Gasteiger partial charge on any atom is -0.410 e. The van der Waals surface area contributed by atoms with Crippen LogP contribution in [0.15, 0.2) is 36.4 Å². The van der Waals surface area contributed by atoms with Crippen LogP contribution in [0.2, 0.25) is 0 Å². The molecule has 2 amide bonds. The second-order valence-electron chi connectivity index (χ2n) is 4.78. The number of unbranched alkanes of at least 4 members (excludes halogenated alkanes) is 2. The molecule has 1 aromatic carbocycles. The van der Waals surface area contributed by atoms with Crippen LogP contribution in [0.3, 0.4) is 0 Å². The molecule has 0 bridgehead atoms. The van der Waals surface area contributed by atoms with Crippen molar-refractivity contribution >= 4 is 17.7 Å². The quantitative estimate of drug-likeness (QED) is 0.596. The van der Waals surface area contributed by atoms with Crippen molar-refractivity contribution in [3.8, 4) is 5.75 Å². The fourth-order valence-corrected chi connectivity index (χ4v) is 1.55. The molecule has 0 spiro atoms. The maximum absolute atomic E-state index is 11.5. The zero-order valence-electron chi connectivity index (χ0n) is 12.6. The van der Waals surface area contributed by atoms with Gasteiger partial charge in [0.05, 0.1) is 0 Å². The van der Waals surface area contributed by atoms with Gasteiger partial charge in [-0.05, 0) is 37.6 Å². The zero-order valence-corrected chi connectivity index (χ0v) is 12.6. The molecule has 0 aromatic heterocycles. The van der Waals surface area contributed by atoms with E-state index in [4.69, 9.17) is 4.74 Å². The van der Waals surface area contributed by atoms with Crippen LogP contribution in [0.25, 0.3) is 0 Å². The van der Waals surface area contributed by atoms with Gasteiger partial charge in [-0.2, -0.15) is 0 Å². The van der Waals surface area contributed by atoms with Crippen molar-refractivity contribution in [2.45, 2.75) is 33.1 Å². The summed E-state index contributed by atoms with van der Waals surface area (Å²) in [6.07, 6.45) is 2.66. The Bertz CT molecular complexity index is 495. The standard InChI is InChI=1S/C16H22N2O3/c1-4-5-6-11-17-16(20)21-14-9-7-13(8-10-14)18-15(19)12(2)3/h7-10H,2,4-6,11H2,1,3H3,(H,17,20)(H,18,19). The van der Waals surface area contributed by atoms with E-state index >= 15 is 0 Å². The number of carbonyl (C=O) groups is 2. The molecule has 0 fully saturated rings. The van der Waals surface area contributed by atoms with Crippen LogP contribution in [0.1, 0.15) is 33.1 Å². The molecule has 1 aromatic rings. The number of hydrogen-bond donors (Lipinski definition) is 2. The first-order valence-electron chi connectivity index (χ1n) is 7.05. The first kappa shape index (κ1) is 16.8. The largest absolute Gasteiger partial charge is 0.412 e. The van der Waals surface area contributed by atoms with E-state index in [-0.39, 0.29) is 5.91 Å².